The summed E-state index contributed by atoms with van der Waals surface area (Å²) < 4.78 is 16.9. The molecule has 63 heavy (non-hydrogen) atoms. The Kier molecular flexibility index (Phi) is 19.6. The fourth-order valence-electron chi connectivity index (χ4n) is 7.19. The topological polar surface area (TPSA) is 185 Å². The van der Waals surface area contributed by atoms with Gasteiger partial charge in [0, 0.05) is 51.4 Å². The number of carbonyl (C=O) groups is 6. The van der Waals surface area contributed by atoms with Gasteiger partial charge in [-0.05, 0) is 63.5 Å². The number of hydrogen-bond donors (Lipinski definition) is 4. The minimum atomic E-state index is -1.99. The monoisotopic (exact) mass is 870 g/mol. The van der Waals surface area contributed by atoms with Gasteiger partial charge in [-0.25, -0.2) is 9.59 Å². The molecule has 0 bridgehead atoms. The van der Waals surface area contributed by atoms with E-state index in [0.29, 0.717) is 37.3 Å². The fraction of sp³-hybridized carbons (Fsp3) is 0.500. The zero-order valence-electron chi connectivity index (χ0n) is 37.7. The van der Waals surface area contributed by atoms with E-state index in [-0.39, 0.29) is 45.3 Å². The smallest absolute Gasteiger partial charge is 0.407 e. The van der Waals surface area contributed by atoms with Crippen molar-refractivity contribution in [3.8, 4) is 11.1 Å². The van der Waals surface area contributed by atoms with E-state index in [1.165, 1.54) is 4.90 Å². The Morgan fingerprint density at radius 1 is 0.841 bits per heavy atom. The Morgan fingerprint density at radius 3 is 2.14 bits per heavy atom. The Labute approximate surface area is 372 Å². The van der Waals surface area contributed by atoms with E-state index in [1.54, 1.807) is 45.0 Å². The number of alkyl carbamates (subject to hydrolysis) is 1. The van der Waals surface area contributed by atoms with Crippen LogP contribution in [-0.4, -0.2) is 123 Å². The summed E-state index contributed by atoms with van der Waals surface area (Å²) >= 11 is 0. The van der Waals surface area contributed by atoms with Crippen molar-refractivity contribution in [1.29, 1.82) is 0 Å². The van der Waals surface area contributed by atoms with Crippen LogP contribution in [0.15, 0.2) is 84.9 Å². The lowest BCUT2D eigenvalue weighted by Crippen LogP contribution is -2.69. The Hall–Kier alpha value is -5.80. The summed E-state index contributed by atoms with van der Waals surface area (Å²) in [5.41, 5.74) is 0.101. The van der Waals surface area contributed by atoms with Gasteiger partial charge < -0.3 is 40.0 Å². The van der Waals surface area contributed by atoms with Crippen LogP contribution in [0.4, 0.5) is 9.59 Å². The van der Waals surface area contributed by atoms with Crippen LogP contribution in [0, 0.1) is 5.92 Å². The van der Waals surface area contributed by atoms with E-state index in [1.807, 2.05) is 86.6 Å². The number of unbranched alkanes of at least 4 members (excludes halogenated alkanes) is 2. The average Bonchev–Trinajstić information content (AvgIpc) is 3.25. The SMILES string of the molecule is CCCCCC(=O)NC(Cc1ccccc1-c1ccccc1)(C(=O)NC(Cc1ccccc1)C(=O)NC(=O)N1CCOCC1)C(CNC(=O)OC(C)(C)C)COC(=O)CCN(C)C. The molecule has 1 aliphatic heterocycles. The van der Waals surface area contributed by atoms with E-state index < -0.39 is 65.5 Å². The standard InChI is InChI=1S/C48H66N6O9/c1-7-8-11-24-41(55)52-48(32-37-22-16-17-23-39(37)36-20-14-10-15-21-36,38(33-49-46(60)63-47(2,3)4)34-62-42(56)25-26-53(5)6)44(58)50-40(31-35-18-12-9-13-19-35)43(57)51-45(59)54-27-29-61-30-28-54/h9-10,12-23,38,40H,7-8,11,24-34H2,1-6H3,(H,49,60)(H,50,58)(H,52,55)(H,51,57,59). The third-order valence-electron chi connectivity index (χ3n) is 10.6. The highest BCUT2D eigenvalue weighted by Gasteiger charge is 2.49. The van der Waals surface area contributed by atoms with Gasteiger partial charge in [0.15, 0.2) is 0 Å². The van der Waals surface area contributed by atoms with Crippen LogP contribution >= 0.6 is 0 Å². The predicted octanol–water partition coefficient (Wildman–Crippen LogP) is 5.26. The maximum Gasteiger partial charge on any atom is 0.407 e. The number of nitrogens with one attached hydrogen (secondary N) is 4. The van der Waals surface area contributed by atoms with Gasteiger partial charge in [0.05, 0.1) is 26.2 Å². The lowest BCUT2D eigenvalue weighted by Gasteiger charge is -2.41. The molecule has 0 saturated carbocycles. The first-order valence-electron chi connectivity index (χ1n) is 21.8. The zero-order chi connectivity index (χ0) is 45.8. The van der Waals surface area contributed by atoms with Crippen molar-refractivity contribution in [2.45, 2.75) is 89.8 Å². The molecule has 3 aromatic carbocycles. The minimum absolute atomic E-state index is 0.0176. The number of amides is 6. The molecular weight excluding hydrogens is 805 g/mol. The average molecular weight is 871 g/mol. The molecule has 1 heterocycles. The maximum absolute atomic E-state index is 15.7. The fourth-order valence-corrected chi connectivity index (χ4v) is 7.19. The number of ether oxygens (including phenoxy) is 3. The van der Waals surface area contributed by atoms with Crippen molar-refractivity contribution in [1.82, 2.24) is 31.1 Å². The number of hydrogen-bond acceptors (Lipinski definition) is 10. The maximum atomic E-state index is 15.7. The first-order chi connectivity index (χ1) is 30.1. The Balaban J connectivity index is 1.91. The van der Waals surface area contributed by atoms with Crippen LogP contribution in [0.1, 0.15) is 70.9 Å². The van der Waals surface area contributed by atoms with Crippen LogP contribution in [0.2, 0.25) is 0 Å². The summed E-state index contributed by atoms with van der Waals surface area (Å²) in [5.74, 6) is -3.70. The van der Waals surface area contributed by atoms with Crippen LogP contribution in [0.25, 0.3) is 11.1 Å². The number of nitrogens with zero attached hydrogens (tertiary/aromatic N) is 2. The summed E-state index contributed by atoms with van der Waals surface area (Å²) in [6.45, 7) is 8.03. The molecule has 15 nitrogen and oxygen atoms in total. The number of rotatable bonds is 21. The van der Waals surface area contributed by atoms with Crippen LogP contribution in [-0.2, 0) is 46.2 Å². The molecule has 342 valence electrons. The second-order valence-electron chi connectivity index (χ2n) is 17.1. The number of carbonyl (C=O) groups excluding carboxylic acids is 6. The highest BCUT2D eigenvalue weighted by atomic mass is 16.6. The van der Waals surface area contributed by atoms with Gasteiger partial charge in [0.25, 0.3) is 5.91 Å². The largest absolute Gasteiger partial charge is 0.465 e. The van der Waals surface area contributed by atoms with Crippen LogP contribution in [0.3, 0.4) is 0 Å². The highest BCUT2D eigenvalue weighted by Crippen LogP contribution is 2.32. The van der Waals surface area contributed by atoms with Gasteiger partial charge in [-0.1, -0.05) is 105 Å². The number of urea groups is 1. The molecule has 3 aromatic rings. The van der Waals surface area contributed by atoms with Crippen LogP contribution in [0.5, 0.6) is 0 Å². The van der Waals surface area contributed by atoms with E-state index in [9.17, 15) is 24.0 Å². The minimum Gasteiger partial charge on any atom is -0.465 e. The van der Waals surface area contributed by atoms with Gasteiger partial charge in [-0.3, -0.25) is 24.5 Å². The molecule has 0 radical (unpaired) electrons. The molecule has 3 unspecified atom stereocenters. The van der Waals surface area contributed by atoms with E-state index in [4.69, 9.17) is 14.2 Å². The summed E-state index contributed by atoms with van der Waals surface area (Å²) in [7, 11) is 3.65. The van der Waals surface area contributed by atoms with Crippen molar-refractivity contribution in [3.05, 3.63) is 96.1 Å². The van der Waals surface area contributed by atoms with E-state index >= 15 is 4.79 Å². The molecule has 0 aliphatic carbocycles. The number of imide groups is 1. The second-order valence-corrected chi connectivity index (χ2v) is 17.1. The number of esters is 1. The molecule has 15 heteroatoms. The molecular formula is C48H66N6O9. The van der Waals surface area contributed by atoms with E-state index in [0.717, 1.165) is 24.0 Å². The quantitative estimate of drug-likeness (QED) is 0.0814. The van der Waals surface area contributed by atoms with E-state index in [2.05, 4.69) is 21.3 Å². The van der Waals surface area contributed by atoms with Crippen LogP contribution < -0.4 is 21.3 Å². The van der Waals surface area contributed by atoms with Crippen molar-refractivity contribution in [3.63, 3.8) is 0 Å². The highest BCUT2D eigenvalue weighted by molar-refractivity contribution is 6.01. The summed E-state index contributed by atoms with van der Waals surface area (Å²) in [5, 5.41) is 11.3. The Morgan fingerprint density at radius 2 is 1.49 bits per heavy atom. The Bertz CT molecular complexity index is 1950. The lowest BCUT2D eigenvalue weighted by molar-refractivity contribution is -0.149. The molecule has 1 saturated heterocycles. The summed E-state index contributed by atoms with van der Waals surface area (Å²) in [4.78, 5) is 87.7. The molecule has 0 aromatic heterocycles. The van der Waals surface area contributed by atoms with Gasteiger partial charge in [-0.2, -0.15) is 0 Å². The summed E-state index contributed by atoms with van der Waals surface area (Å²) in [6.07, 6.45) is 1.27. The second kappa shape index (κ2) is 24.7. The van der Waals surface area contributed by atoms with Crippen molar-refractivity contribution in [2.24, 2.45) is 5.92 Å². The summed E-state index contributed by atoms with van der Waals surface area (Å²) in [6, 6.07) is 24.1. The first kappa shape index (κ1) is 49.9. The van der Waals surface area contributed by atoms with Gasteiger partial charge >= 0.3 is 18.1 Å². The van der Waals surface area contributed by atoms with Gasteiger partial charge in [0.2, 0.25) is 11.8 Å². The molecule has 3 atom stereocenters. The molecule has 0 spiro atoms. The molecule has 4 rings (SSSR count). The predicted molar refractivity (Wildman–Crippen MR) is 240 cm³/mol. The third kappa shape index (κ3) is 16.4. The van der Waals surface area contributed by atoms with Crippen molar-refractivity contribution < 1.29 is 43.0 Å². The number of benzene rings is 3. The van der Waals surface area contributed by atoms with Gasteiger partial charge in [-0.15, -0.1) is 0 Å². The van der Waals surface area contributed by atoms with Gasteiger partial charge in [0.1, 0.15) is 17.2 Å². The van der Waals surface area contributed by atoms with Crippen molar-refractivity contribution in [2.75, 3.05) is 60.1 Å². The van der Waals surface area contributed by atoms with Crippen molar-refractivity contribution >= 4 is 35.8 Å². The molecule has 1 fully saturated rings. The lowest BCUT2D eigenvalue weighted by atomic mass is 9.76. The first-order valence-corrected chi connectivity index (χ1v) is 21.8. The molecule has 1 aliphatic rings. The molecule has 4 N–H and O–H groups in total. The zero-order valence-corrected chi connectivity index (χ0v) is 37.7. The number of morpholine rings is 1. The molecule has 6 amide bonds. The third-order valence-corrected chi connectivity index (χ3v) is 10.6. The normalized spacial score (nSPS) is 14.7.